The number of fused-ring (bicyclic) bond motifs is 1. The van der Waals surface area contributed by atoms with Crippen molar-refractivity contribution in [3.8, 4) is 0 Å². The van der Waals surface area contributed by atoms with E-state index in [1.165, 1.54) is 0 Å². The average Bonchev–Trinajstić information content (AvgIpc) is 2.22. The standard InChI is InChI=1S/C13H14ClNO/c1-8(2)11-7-9-6-10(14)4-5-12(9)15(3)13(11)16/h4-8H,1-3H3. The molecule has 0 atom stereocenters. The van der Waals surface area contributed by atoms with Crippen LogP contribution in [-0.2, 0) is 7.05 Å². The molecule has 0 aliphatic rings. The summed E-state index contributed by atoms with van der Waals surface area (Å²) < 4.78 is 1.68. The van der Waals surface area contributed by atoms with Crippen molar-refractivity contribution in [2.75, 3.05) is 0 Å². The Morgan fingerprint density at radius 1 is 1.25 bits per heavy atom. The van der Waals surface area contributed by atoms with Gasteiger partial charge in [0, 0.05) is 23.0 Å². The van der Waals surface area contributed by atoms with Gasteiger partial charge < -0.3 is 4.57 Å². The Morgan fingerprint density at radius 3 is 2.56 bits per heavy atom. The highest BCUT2D eigenvalue weighted by atomic mass is 35.5. The van der Waals surface area contributed by atoms with Gasteiger partial charge in [0.05, 0.1) is 5.52 Å². The molecule has 0 N–H and O–H groups in total. The number of aromatic nitrogens is 1. The summed E-state index contributed by atoms with van der Waals surface area (Å²) in [4.78, 5) is 12.0. The molecule has 16 heavy (non-hydrogen) atoms. The summed E-state index contributed by atoms with van der Waals surface area (Å²) in [6.45, 7) is 4.04. The van der Waals surface area contributed by atoms with E-state index in [9.17, 15) is 4.79 Å². The number of hydrogen-bond acceptors (Lipinski definition) is 1. The van der Waals surface area contributed by atoms with Gasteiger partial charge in [0.2, 0.25) is 0 Å². The van der Waals surface area contributed by atoms with Crippen molar-refractivity contribution in [3.63, 3.8) is 0 Å². The predicted molar refractivity (Wildman–Crippen MR) is 68.3 cm³/mol. The van der Waals surface area contributed by atoms with E-state index in [2.05, 4.69) is 0 Å². The lowest BCUT2D eigenvalue weighted by Crippen LogP contribution is -2.21. The van der Waals surface area contributed by atoms with Crippen LogP contribution in [0.25, 0.3) is 10.9 Å². The quantitative estimate of drug-likeness (QED) is 0.743. The van der Waals surface area contributed by atoms with E-state index >= 15 is 0 Å². The second kappa shape index (κ2) is 3.95. The van der Waals surface area contributed by atoms with E-state index in [0.717, 1.165) is 16.5 Å². The van der Waals surface area contributed by atoms with Crippen LogP contribution in [0.2, 0.25) is 5.02 Å². The minimum absolute atomic E-state index is 0.0739. The summed E-state index contributed by atoms with van der Waals surface area (Å²) >= 11 is 5.96. The van der Waals surface area contributed by atoms with E-state index in [-0.39, 0.29) is 11.5 Å². The van der Waals surface area contributed by atoms with Crippen molar-refractivity contribution in [2.24, 2.45) is 7.05 Å². The minimum Gasteiger partial charge on any atom is -0.311 e. The summed E-state index contributed by atoms with van der Waals surface area (Å²) in [5.74, 6) is 0.224. The summed E-state index contributed by atoms with van der Waals surface area (Å²) in [5, 5.41) is 1.71. The molecule has 0 fully saturated rings. The van der Waals surface area contributed by atoms with Crippen LogP contribution in [-0.4, -0.2) is 4.57 Å². The zero-order valence-corrected chi connectivity index (χ0v) is 10.4. The van der Waals surface area contributed by atoms with Crippen molar-refractivity contribution in [3.05, 3.63) is 45.2 Å². The number of rotatable bonds is 1. The fourth-order valence-electron chi connectivity index (χ4n) is 1.89. The van der Waals surface area contributed by atoms with Gasteiger partial charge in [-0.05, 0) is 30.2 Å². The molecular weight excluding hydrogens is 222 g/mol. The fourth-order valence-corrected chi connectivity index (χ4v) is 2.07. The molecule has 0 unspecified atom stereocenters. The van der Waals surface area contributed by atoms with Gasteiger partial charge in [0.1, 0.15) is 0 Å². The maximum atomic E-state index is 12.0. The zero-order chi connectivity index (χ0) is 11.9. The van der Waals surface area contributed by atoms with Gasteiger partial charge in [-0.15, -0.1) is 0 Å². The number of benzene rings is 1. The van der Waals surface area contributed by atoms with Crippen molar-refractivity contribution >= 4 is 22.5 Å². The third-order valence-corrected chi connectivity index (χ3v) is 3.07. The lowest BCUT2D eigenvalue weighted by Gasteiger charge is -2.11. The monoisotopic (exact) mass is 235 g/mol. The van der Waals surface area contributed by atoms with Crippen LogP contribution in [0.4, 0.5) is 0 Å². The van der Waals surface area contributed by atoms with Crippen molar-refractivity contribution < 1.29 is 0 Å². The molecule has 0 aliphatic heterocycles. The number of hydrogen-bond donors (Lipinski definition) is 0. The number of aryl methyl sites for hydroxylation is 1. The lowest BCUT2D eigenvalue weighted by atomic mass is 10.0. The molecule has 0 saturated carbocycles. The van der Waals surface area contributed by atoms with E-state index in [4.69, 9.17) is 11.6 Å². The van der Waals surface area contributed by atoms with Gasteiger partial charge in [0.15, 0.2) is 0 Å². The first-order chi connectivity index (χ1) is 7.50. The molecular formula is C13H14ClNO. The van der Waals surface area contributed by atoms with Gasteiger partial charge in [0.25, 0.3) is 5.56 Å². The second-order valence-electron chi connectivity index (χ2n) is 4.32. The van der Waals surface area contributed by atoms with Crippen LogP contribution in [0.3, 0.4) is 0 Å². The topological polar surface area (TPSA) is 22.0 Å². The fraction of sp³-hybridized carbons (Fsp3) is 0.308. The van der Waals surface area contributed by atoms with Gasteiger partial charge in [-0.25, -0.2) is 0 Å². The molecule has 3 heteroatoms. The predicted octanol–water partition coefficient (Wildman–Crippen LogP) is 3.32. The molecule has 0 amide bonds. The van der Waals surface area contributed by atoms with Crippen molar-refractivity contribution in [1.29, 1.82) is 0 Å². The summed E-state index contributed by atoms with van der Waals surface area (Å²) in [7, 11) is 1.80. The molecule has 0 bridgehead atoms. The van der Waals surface area contributed by atoms with Crippen LogP contribution in [0.1, 0.15) is 25.3 Å². The maximum absolute atomic E-state index is 12.0. The summed E-state index contributed by atoms with van der Waals surface area (Å²) in [6.07, 6.45) is 0. The molecule has 1 aromatic heterocycles. The zero-order valence-electron chi connectivity index (χ0n) is 9.62. The summed E-state index contributed by atoms with van der Waals surface area (Å²) in [6, 6.07) is 7.51. The number of halogens is 1. The molecule has 84 valence electrons. The third-order valence-electron chi connectivity index (χ3n) is 2.84. The van der Waals surface area contributed by atoms with Gasteiger partial charge >= 0.3 is 0 Å². The van der Waals surface area contributed by atoms with Crippen LogP contribution in [0, 0.1) is 0 Å². The largest absolute Gasteiger partial charge is 0.311 e. The SMILES string of the molecule is CC(C)c1cc2cc(Cl)ccc2n(C)c1=O. The molecule has 0 radical (unpaired) electrons. The van der Waals surface area contributed by atoms with Gasteiger partial charge in [-0.3, -0.25) is 4.79 Å². The molecule has 2 nitrogen and oxygen atoms in total. The highest BCUT2D eigenvalue weighted by Gasteiger charge is 2.09. The van der Waals surface area contributed by atoms with E-state index in [1.54, 1.807) is 17.7 Å². The van der Waals surface area contributed by atoms with Crippen molar-refractivity contribution in [1.82, 2.24) is 4.57 Å². The van der Waals surface area contributed by atoms with Gasteiger partial charge in [-0.2, -0.15) is 0 Å². The molecule has 0 spiro atoms. The third kappa shape index (κ3) is 1.74. The highest BCUT2D eigenvalue weighted by molar-refractivity contribution is 6.31. The van der Waals surface area contributed by atoms with Crippen LogP contribution in [0.5, 0.6) is 0 Å². The Hall–Kier alpha value is -1.28. The molecule has 1 aromatic carbocycles. The van der Waals surface area contributed by atoms with Crippen LogP contribution in [0.15, 0.2) is 29.1 Å². The first kappa shape index (κ1) is 11.2. The Bertz CT molecular complexity index is 599. The molecule has 0 saturated heterocycles. The number of pyridine rings is 1. The Morgan fingerprint density at radius 2 is 1.94 bits per heavy atom. The van der Waals surface area contributed by atoms with Gasteiger partial charge in [-0.1, -0.05) is 25.4 Å². The van der Waals surface area contributed by atoms with Crippen LogP contribution < -0.4 is 5.56 Å². The first-order valence-corrected chi connectivity index (χ1v) is 5.67. The van der Waals surface area contributed by atoms with Crippen LogP contribution >= 0.6 is 11.6 Å². The van der Waals surface area contributed by atoms with E-state index in [0.29, 0.717) is 5.02 Å². The molecule has 1 heterocycles. The first-order valence-electron chi connectivity index (χ1n) is 5.30. The Balaban J connectivity index is 2.89. The lowest BCUT2D eigenvalue weighted by molar-refractivity contribution is 0.802. The molecule has 0 aliphatic carbocycles. The maximum Gasteiger partial charge on any atom is 0.254 e. The van der Waals surface area contributed by atoms with E-state index in [1.807, 2.05) is 32.0 Å². The van der Waals surface area contributed by atoms with E-state index < -0.39 is 0 Å². The molecule has 2 aromatic rings. The average molecular weight is 236 g/mol. The Labute approximate surface area is 99.5 Å². The molecule has 2 rings (SSSR count). The summed E-state index contributed by atoms with van der Waals surface area (Å²) in [5.41, 5.74) is 1.82. The smallest absolute Gasteiger partial charge is 0.254 e. The van der Waals surface area contributed by atoms with Crippen molar-refractivity contribution in [2.45, 2.75) is 19.8 Å². The highest BCUT2D eigenvalue weighted by Crippen LogP contribution is 2.21. The second-order valence-corrected chi connectivity index (χ2v) is 4.76. The normalized spacial score (nSPS) is 11.3. The minimum atomic E-state index is 0.0739. The Kier molecular flexibility index (Phi) is 2.76. The number of nitrogens with zero attached hydrogens (tertiary/aromatic N) is 1.